The largest absolute Gasteiger partial charge is 0.444 e. The standard InChI is InChI=1S/C18H34BrN3O4/c1-17(2,3)25-15(23)21-14(22-16(24)26-18(4,5)6)20-13-11-9-7-8-10-12-19/h7-13H2,1-6H3,(H2,20,21,22,23,24). The van der Waals surface area contributed by atoms with Crippen molar-refractivity contribution in [2.24, 2.45) is 4.99 Å². The lowest BCUT2D eigenvalue weighted by Gasteiger charge is -2.22. The van der Waals surface area contributed by atoms with Crippen LogP contribution in [0.15, 0.2) is 4.99 Å². The summed E-state index contributed by atoms with van der Waals surface area (Å²) in [6.07, 6.45) is 4.04. The SMILES string of the molecule is CC(C)(C)OC(=O)NC(=NCCCCCCCBr)NC(=O)OC(C)(C)C. The highest BCUT2D eigenvalue weighted by molar-refractivity contribution is 9.09. The second kappa shape index (κ2) is 12.1. The normalized spacial score (nSPS) is 11.5. The van der Waals surface area contributed by atoms with Crippen molar-refractivity contribution in [3.63, 3.8) is 0 Å². The predicted octanol–water partition coefficient (Wildman–Crippen LogP) is 4.74. The van der Waals surface area contributed by atoms with Crippen LogP contribution in [0, 0.1) is 0 Å². The summed E-state index contributed by atoms with van der Waals surface area (Å²) in [5.41, 5.74) is -1.28. The molecule has 0 atom stereocenters. The molecule has 0 aromatic carbocycles. The molecule has 0 bridgehead atoms. The minimum atomic E-state index is -0.676. The minimum absolute atomic E-state index is 0.0361. The minimum Gasteiger partial charge on any atom is -0.444 e. The van der Waals surface area contributed by atoms with Gasteiger partial charge in [0.2, 0.25) is 5.96 Å². The number of ether oxygens (including phenoxy) is 2. The number of amides is 2. The number of halogens is 1. The van der Waals surface area contributed by atoms with Crippen molar-refractivity contribution in [2.75, 3.05) is 11.9 Å². The van der Waals surface area contributed by atoms with Gasteiger partial charge in [-0.2, -0.15) is 0 Å². The van der Waals surface area contributed by atoms with Gasteiger partial charge in [0, 0.05) is 11.9 Å². The molecule has 152 valence electrons. The van der Waals surface area contributed by atoms with E-state index in [0.717, 1.165) is 31.0 Å². The highest BCUT2D eigenvalue weighted by Crippen LogP contribution is 2.08. The van der Waals surface area contributed by atoms with E-state index >= 15 is 0 Å². The molecule has 7 nitrogen and oxygen atoms in total. The molecule has 0 fully saturated rings. The molecule has 2 amide bonds. The number of nitrogens with one attached hydrogen (secondary N) is 2. The van der Waals surface area contributed by atoms with Crippen LogP contribution in [-0.4, -0.2) is 41.2 Å². The summed E-state index contributed by atoms with van der Waals surface area (Å²) in [6, 6.07) is 0. The zero-order valence-corrected chi connectivity index (χ0v) is 18.5. The van der Waals surface area contributed by atoms with Gasteiger partial charge in [-0.1, -0.05) is 35.2 Å². The third-order valence-electron chi connectivity index (χ3n) is 2.80. The van der Waals surface area contributed by atoms with Crippen molar-refractivity contribution in [3.05, 3.63) is 0 Å². The first-order valence-corrected chi connectivity index (χ1v) is 10.2. The van der Waals surface area contributed by atoms with Crippen molar-refractivity contribution < 1.29 is 19.1 Å². The van der Waals surface area contributed by atoms with E-state index in [4.69, 9.17) is 9.47 Å². The third-order valence-corrected chi connectivity index (χ3v) is 3.36. The molecule has 8 heteroatoms. The van der Waals surface area contributed by atoms with Gasteiger partial charge >= 0.3 is 12.2 Å². The van der Waals surface area contributed by atoms with E-state index in [0.29, 0.717) is 6.54 Å². The fourth-order valence-electron chi connectivity index (χ4n) is 1.84. The first kappa shape index (κ1) is 24.7. The van der Waals surface area contributed by atoms with Gasteiger partial charge in [0.25, 0.3) is 0 Å². The van der Waals surface area contributed by atoms with E-state index in [1.807, 2.05) is 0 Å². The number of aliphatic imine (C=N–C) groups is 1. The molecule has 26 heavy (non-hydrogen) atoms. The Kier molecular flexibility index (Phi) is 11.5. The Bertz CT molecular complexity index is 436. The van der Waals surface area contributed by atoms with Gasteiger partial charge in [0.15, 0.2) is 0 Å². The van der Waals surface area contributed by atoms with Gasteiger partial charge in [-0.25, -0.2) is 9.59 Å². The van der Waals surface area contributed by atoms with E-state index < -0.39 is 23.4 Å². The first-order valence-electron chi connectivity index (χ1n) is 9.03. The second-order valence-electron chi connectivity index (χ2n) is 7.94. The monoisotopic (exact) mass is 435 g/mol. The molecule has 0 radical (unpaired) electrons. The van der Waals surface area contributed by atoms with Crippen LogP contribution in [0.1, 0.15) is 73.6 Å². The molecular weight excluding hydrogens is 402 g/mol. The molecule has 0 saturated carbocycles. The second-order valence-corrected chi connectivity index (χ2v) is 8.73. The van der Waals surface area contributed by atoms with Gasteiger partial charge in [-0.3, -0.25) is 15.6 Å². The van der Waals surface area contributed by atoms with Crippen molar-refractivity contribution in [1.29, 1.82) is 0 Å². The molecule has 0 heterocycles. The van der Waals surface area contributed by atoms with Gasteiger partial charge < -0.3 is 9.47 Å². The van der Waals surface area contributed by atoms with Crippen molar-refractivity contribution in [2.45, 2.75) is 84.8 Å². The quantitative estimate of drug-likeness (QED) is 0.261. The van der Waals surface area contributed by atoms with Crippen LogP contribution in [0.25, 0.3) is 0 Å². The molecule has 0 unspecified atom stereocenters. The number of carbonyl (C=O) groups is 2. The maximum atomic E-state index is 11.9. The number of carbonyl (C=O) groups excluding carboxylic acids is 2. The third kappa shape index (κ3) is 16.2. The van der Waals surface area contributed by atoms with Gasteiger partial charge in [-0.15, -0.1) is 0 Å². The predicted molar refractivity (Wildman–Crippen MR) is 108 cm³/mol. The molecular formula is C18H34BrN3O4. The zero-order valence-electron chi connectivity index (χ0n) is 16.9. The summed E-state index contributed by atoms with van der Waals surface area (Å²) in [5.74, 6) is 0.0361. The van der Waals surface area contributed by atoms with Gasteiger partial charge in [0.05, 0.1) is 0 Å². The number of hydrogen-bond acceptors (Lipinski definition) is 5. The molecule has 0 aliphatic carbocycles. The Morgan fingerprint density at radius 2 is 1.23 bits per heavy atom. The summed E-state index contributed by atoms with van der Waals surface area (Å²) < 4.78 is 10.4. The molecule has 0 aliphatic rings. The van der Waals surface area contributed by atoms with Crippen molar-refractivity contribution >= 4 is 34.1 Å². The Balaban J connectivity index is 4.64. The Morgan fingerprint density at radius 1 is 0.808 bits per heavy atom. The van der Waals surface area contributed by atoms with Crippen LogP contribution < -0.4 is 10.6 Å². The Hall–Kier alpha value is -1.31. The van der Waals surface area contributed by atoms with Crippen LogP contribution in [0.4, 0.5) is 9.59 Å². The van der Waals surface area contributed by atoms with Gasteiger partial charge in [-0.05, 0) is 54.4 Å². The smallest absolute Gasteiger partial charge is 0.414 e. The molecule has 2 N–H and O–H groups in total. The van der Waals surface area contributed by atoms with Crippen LogP contribution in [0.2, 0.25) is 0 Å². The average Bonchev–Trinajstić information content (AvgIpc) is 2.41. The number of alkyl halides is 1. The summed E-state index contributed by atoms with van der Waals surface area (Å²) in [4.78, 5) is 28.1. The van der Waals surface area contributed by atoms with Gasteiger partial charge in [0.1, 0.15) is 11.2 Å². The first-order chi connectivity index (χ1) is 11.9. The van der Waals surface area contributed by atoms with Crippen molar-refractivity contribution in [1.82, 2.24) is 10.6 Å². The summed E-state index contributed by atoms with van der Waals surface area (Å²) in [5, 5.41) is 5.97. The Morgan fingerprint density at radius 3 is 1.65 bits per heavy atom. The van der Waals surface area contributed by atoms with E-state index in [9.17, 15) is 9.59 Å². The maximum absolute atomic E-state index is 11.9. The maximum Gasteiger partial charge on any atom is 0.414 e. The van der Waals surface area contributed by atoms with E-state index in [1.165, 1.54) is 6.42 Å². The average molecular weight is 436 g/mol. The summed E-state index contributed by atoms with van der Waals surface area (Å²) >= 11 is 3.41. The molecule has 0 spiro atoms. The highest BCUT2D eigenvalue weighted by atomic mass is 79.9. The number of unbranched alkanes of at least 4 members (excludes halogenated alkanes) is 4. The number of alkyl carbamates (subject to hydrolysis) is 2. The fraction of sp³-hybridized carbons (Fsp3) is 0.833. The molecule has 0 aromatic heterocycles. The van der Waals surface area contributed by atoms with Crippen LogP contribution in [-0.2, 0) is 9.47 Å². The lowest BCUT2D eigenvalue weighted by atomic mass is 10.2. The topological polar surface area (TPSA) is 89.0 Å². The molecule has 0 aliphatic heterocycles. The highest BCUT2D eigenvalue weighted by Gasteiger charge is 2.21. The Labute approximate surface area is 165 Å². The van der Waals surface area contributed by atoms with E-state index in [1.54, 1.807) is 41.5 Å². The number of hydrogen-bond donors (Lipinski definition) is 2. The van der Waals surface area contributed by atoms with Crippen molar-refractivity contribution in [3.8, 4) is 0 Å². The summed E-state index contributed by atoms with van der Waals surface area (Å²) in [6.45, 7) is 11.1. The lowest BCUT2D eigenvalue weighted by molar-refractivity contribution is 0.0545. The summed E-state index contributed by atoms with van der Waals surface area (Å²) in [7, 11) is 0. The zero-order chi connectivity index (χ0) is 20.2. The molecule has 0 saturated heterocycles. The molecule has 0 aromatic rings. The fourth-order valence-corrected chi connectivity index (χ4v) is 2.23. The number of guanidine groups is 1. The van der Waals surface area contributed by atoms with E-state index in [-0.39, 0.29) is 5.96 Å². The van der Waals surface area contributed by atoms with Crippen LogP contribution in [0.3, 0.4) is 0 Å². The lowest BCUT2D eigenvalue weighted by Crippen LogP contribution is -2.47. The number of nitrogens with zero attached hydrogens (tertiary/aromatic N) is 1. The van der Waals surface area contributed by atoms with Crippen LogP contribution in [0.5, 0.6) is 0 Å². The van der Waals surface area contributed by atoms with Crippen LogP contribution >= 0.6 is 15.9 Å². The number of rotatable bonds is 7. The van der Waals surface area contributed by atoms with E-state index in [2.05, 4.69) is 31.6 Å². The molecule has 0 rings (SSSR count).